The fourth-order valence-corrected chi connectivity index (χ4v) is 4.54. The van der Waals surface area contributed by atoms with Crippen molar-refractivity contribution in [2.24, 2.45) is 0 Å². The number of nitrogens with zero attached hydrogens (tertiary/aromatic N) is 3. The van der Waals surface area contributed by atoms with Crippen LogP contribution >= 0.6 is 0 Å². The molecule has 36 heavy (non-hydrogen) atoms. The monoisotopic (exact) mass is 487 g/mol. The normalized spacial score (nSPS) is 11.8. The van der Waals surface area contributed by atoms with Crippen molar-refractivity contribution in [3.05, 3.63) is 89.4 Å². The Morgan fingerprint density at radius 2 is 1.72 bits per heavy atom. The Hall–Kier alpha value is -4.00. The molecule has 0 radical (unpaired) electrons. The van der Waals surface area contributed by atoms with Crippen LogP contribution in [0.25, 0.3) is 5.65 Å². The SMILES string of the molecule is COc1ccc(CCN(C)C(=O)CC(c2ccccc2OC)c2cnc3c(C)cccn23)cc1OC. The zero-order valence-electron chi connectivity index (χ0n) is 21.5. The molecule has 0 saturated heterocycles. The highest BCUT2D eigenvalue weighted by Crippen LogP contribution is 2.35. The minimum atomic E-state index is -0.214. The number of benzene rings is 2. The molecule has 0 saturated carbocycles. The van der Waals surface area contributed by atoms with Gasteiger partial charge in [0.15, 0.2) is 11.5 Å². The highest BCUT2D eigenvalue weighted by Gasteiger charge is 2.26. The highest BCUT2D eigenvalue weighted by molar-refractivity contribution is 5.77. The first-order valence-corrected chi connectivity index (χ1v) is 12.0. The Balaban J connectivity index is 1.58. The summed E-state index contributed by atoms with van der Waals surface area (Å²) in [5.74, 6) is 1.96. The number of amides is 1. The minimum Gasteiger partial charge on any atom is -0.496 e. The standard InChI is InChI=1S/C29H33N3O4/c1-20-9-8-15-32-24(19-30-29(20)32)23(22-10-6-7-11-25(22)34-3)18-28(33)31(2)16-14-21-12-13-26(35-4)27(17-21)36-5/h6-13,15,17,19,23H,14,16,18H2,1-5H3. The number of ether oxygens (including phenoxy) is 3. The number of hydrogen-bond donors (Lipinski definition) is 0. The zero-order valence-corrected chi connectivity index (χ0v) is 21.5. The van der Waals surface area contributed by atoms with Crippen molar-refractivity contribution in [3.63, 3.8) is 0 Å². The summed E-state index contributed by atoms with van der Waals surface area (Å²) in [6.45, 7) is 2.62. The van der Waals surface area contributed by atoms with Crippen molar-refractivity contribution in [2.45, 2.75) is 25.7 Å². The van der Waals surface area contributed by atoms with Crippen molar-refractivity contribution in [3.8, 4) is 17.2 Å². The predicted molar refractivity (Wildman–Crippen MR) is 140 cm³/mol. The number of aryl methyl sites for hydroxylation is 1. The maximum atomic E-state index is 13.5. The lowest BCUT2D eigenvalue weighted by molar-refractivity contribution is -0.130. The summed E-state index contributed by atoms with van der Waals surface area (Å²) in [4.78, 5) is 19.9. The molecule has 2 heterocycles. The number of methoxy groups -OCH3 is 3. The Kier molecular flexibility index (Phi) is 7.78. The number of pyridine rings is 1. The molecule has 4 aromatic rings. The number of imidazole rings is 1. The van der Waals surface area contributed by atoms with Gasteiger partial charge in [-0.15, -0.1) is 0 Å². The van der Waals surface area contributed by atoms with Crippen molar-refractivity contribution >= 4 is 11.6 Å². The van der Waals surface area contributed by atoms with Crippen molar-refractivity contribution in [2.75, 3.05) is 34.9 Å². The van der Waals surface area contributed by atoms with E-state index in [9.17, 15) is 4.79 Å². The summed E-state index contributed by atoms with van der Waals surface area (Å²) in [6, 6.07) is 17.8. The van der Waals surface area contributed by atoms with Crippen LogP contribution in [0.3, 0.4) is 0 Å². The third-order valence-corrected chi connectivity index (χ3v) is 6.62. The minimum absolute atomic E-state index is 0.0500. The van der Waals surface area contributed by atoms with Gasteiger partial charge in [-0.05, 0) is 48.7 Å². The van der Waals surface area contributed by atoms with E-state index < -0.39 is 0 Å². The molecule has 4 rings (SSSR count). The van der Waals surface area contributed by atoms with Gasteiger partial charge in [-0.3, -0.25) is 4.79 Å². The summed E-state index contributed by atoms with van der Waals surface area (Å²) < 4.78 is 18.5. The molecule has 1 amide bonds. The lowest BCUT2D eigenvalue weighted by atomic mass is 9.91. The van der Waals surface area contributed by atoms with E-state index >= 15 is 0 Å². The van der Waals surface area contributed by atoms with Gasteiger partial charge in [-0.1, -0.05) is 30.3 Å². The second kappa shape index (κ2) is 11.2. The van der Waals surface area contributed by atoms with Crippen LogP contribution in [-0.2, 0) is 11.2 Å². The van der Waals surface area contributed by atoms with E-state index in [2.05, 4.69) is 9.38 Å². The van der Waals surface area contributed by atoms with Crippen LogP contribution in [0.2, 0.25) is 0 Å². The molecule has 188 valence electrons. The Morgan fingerprint density at radius 3 is 2.47 bits per heavy atom. The number of aromatic nitrogens is 2. The molecule has 2 aromatic heterocycles. The average Bonchev–Trinajstić information content (AvgIpc) is 3.35. The number of rotatable bonds is 10. The fraction of sp³-hybridized carbons (Fsp3) is 0.310. The third kappa shape index (κ3) is 5.15. The number of likely N-dealkylation sites (N-methyl/N-ethyl adjacent to an activating group) is 1. The van der Waals surface area contributed by atoms with Gasteiger partial charge in [-0.2, -0.15) is 0 Å². The molecule has 1 unspecified atom stereocenters. The summed E-state index contributed by atoms with van der Waals surface area (Å²) in [6.07, 6.45) is 4.87. The second-order valence-corrected chi connectivity index (χ2v) is 8.82. The van der Waals surface area contributed by atoms with Crippen LogP contribution in [0.1, 0.15) is 34.7 Å². The molecular formula is C29H33N3O4. The Labute approximate surface area is 212 Å². The average molecular weight is 488 g/mol. The van der Waals surface area contributed by atoms with Crippen LogP contribution in [0.5, 0.6) is 17.2 Å². The maximum Gasteiger partial charge on any atom is 0.223 e. The molecule has 0 spiro atoms. The molecule has 0 bridgehead atoms. The van der Waals surface area contributed by atoms with E-state index in [0.717, 1.165) is 33.8 Å². The van der Waals surface area contributed by atoms with Crippen LogP contribution in [0.4, 0.5) is 0 Å². The molecule has 0 aliphatic rings. The maximum absolute atomic E-state index is 13.5. The van der Waals surface area contributed by atoms with Gasteiger partial charge in [0.25, 0.3) is 0 Å². The lowest BCUT2D eigenvalue weighted by Crippen LogP contribution is -2.30. The first-order valence-electron chi connectivity index (χ1n) is 12.0. The molecule has 0 N–H and O–H groups in total. The summed E-state index contributed by atoms with van der Waals surface area (Å²) >= 11 is 0. The van der Waals surface area contributed by atoms with Crippen LogP contribution in [0.15, 0.2) is 67.0 Å². The lowest BCUT2D eigenvalue weighted by Gasteiger charge is -2.23. The Morgan fingerprint density at radius 1 is 0.972 bits per heavy atom. The van der Waals surface area contributed by atoms with Gasteiger partial charge in [0.1, 0.15) is 11.4 Å². The Bertz CT molecular complexity index is 1350. The van der Waals surface area contributed by atoms with Gasteiger partial charge >= 0.3 is 0 Å². The molecule has 0 aliphatic carbocycles. The fourth-order valence-electron chi connectivity index (χ4n) is 4.54. The summed E-state index contributed by atoms with van der Waals surface area (Å²) in [5, 5.41) is 0. The topological polar surface area (TPSA) is 65.3 Å². The molecule has 0 fully saturated rings. The summed E-state index contributed by atoms with van der Waals surface area (Å²) in [7, 11) is 6.75. The van der Waals surface area contributed by atoms with Gasteiger partial charge in [0, 0.05) is 43.9 Å². The number of para-hydroxylation sites is 1. The van der Waals surface area contributed by atoms with Crippen LogP contribution < -0.4 is 14.2 Å². The molecule has 0 aliphatic heterocycles. The highest BCUT2D eigenvalue weighted by atomic mass is 16.5. The smallest absolute Gasteiger partial charge is 0.223 e. The second-order valence-electron chi connectivity index (χ2n) is 8.82. The van der Waals surface area contributed by atoms with E-state index in [4.69, 9.17) is 14.2 Å². The van der Waals surface area contributed by atoms with Crippen LogP contribution in [0, 0.1) is 6.92 Å². The molecule has 1 atom stereocenters. The quantitative estimate of drug-likeness (QED) is 0.319. The van der Waals surface area contributed by atoms with Crippen LogP contribution in [-0.4, -0.2) is 55.1 Å². The molecule has 2 aromatic carbocycles. The van der Waals surface area contributed by atoms with E-state index in [0.29, 0.717) is 30.9 Å². The van der Waals surface area contributed by atoms with E-state index in [1.807, 2.05) is 81.0 Å². The number of fused-ring (bicyclic) bond motifs is 1. The first kappa shape index (κ1) is 25.1. The van der Waals surface area contributed by atoms with Crippen molar-refractivity contribution in [1.29, 1.82) is 0 Å². The molecular weight excluding hydrogens is 454 g/mol. The van der Waals surface area contributed by atoms with E-state index in [-0.39, 0.29) is 11.8 Å². The predicted octanol–water partition coefficient (Wildman–Crippen LogP) is 4.89. The number of carbonyl (C=O) groups is 1. The largest absolute Gasteiger partial charge is 0.496 e. The van der Waals surface area contributed by atoms with E-state index in [1.54, 1.807) is 26.2 Å². The molecule has 7 nitrogen and oxygen atoms in total. The third-order valence-electron chi connectivity index (χ3n) is 6.62. The van der Waals surface area contributed by atoms with Crippen molar-refractivity contribution < 1.29 is 19.0 Å². The van der Waals surface area contributed by atoms with Gasteiger partial charge in [-0.25, -0.2) is 4.98 Å². The van der Waals surface area contributed by atoms with Crippen molar-refractivity contribution in [1.82, 2.24) is 14.3 Å². The summed E-state index contributed by atoms with van der Waals surface area (Å²) in [5.41, 5.74) is 4.97. The number of carbonyl (C=O) groups excluding carboxylic acids is 1. The zero-order chi connectivity index (χ0) is 25.7. The first-order chi connectivity index (χ1) is 17.5. The van der Waals surface area contributed by atoms with Gasteiger partial charge in [0.05, 0.1) is 27.0 Å². The van der Waals surface area contributed by atoms with E-state index in [1.165, 1.54) is 0 Å². The number of hydrogen-bond acceptors (Lipinski definition) is 5. The molecule has 7 heteroatoms. The van der Waals surface area contributed by atoms with Gasteiger partial charge in [0.2, 0.25) is 5.91 Å². The van der Waals surface area contributed by atoms with Gasteiger partial charge < -0.3 is 23.5 Å².